The molecule has 1 fully saturated rings. The number of rotatable bonds is 4. The molecular formula is C28H32F7N7O2. The van der Waals surface area contributed by atoms with Crippen LogP contribution < -0.4 is 25.8 Å². The molecule has 0 radical (unpaired) electrons. The van der Waals surface area contributed by atoms with Crippen LogP contribution in [-0.4, -0.2) is 77.5 Å². The number of ether oxygens (including phenoxy) is 2. The van der Waals surface area contributed by atoms with Gasteiger partial charge in [-0.3, -0.25) is 4.90 Å². The number of nitrogens with two attached hydrogens (primary N) is 1. The molecule has 1 saturated heterocycles. The van der Waals surface area contributed by atoms with Crippen molar-refractivity contribution in [2.75, 3.05) is 44.3 Å². The van der Waals surface area contributed by atoms with Crippen LogP contribution >= 0.6 is 0 Å². The summed E-state index contributed by atoms with van der Waals surface area (Å²) in [4.78, 5) is 14.3. The SMILES string of the molecule is Cc1c(F)c(N)c(F)c(-c2nc3c4c(nc(OC[C@@H]5C[C@@H](F)CN5C)nc4c2F)NCC(C)NCC[C@H](C)O3)c1C(F)(F)F. The van der Waals surface area contributed by atoms with E-state index in [1.165, 1.54) is 0 Å². The summed E-state index contributed by atoms with van der Waals surface area (Å²) in [5.41, 5.74) is -1.65. The minimum atomic E-state index is -5.32. The highest BCUT2D eigenvalue weighted by Crippen LogP contribution is 2.46. The summed E-state index contributed by atoms with van der Waals surface area (Å²) in [7, 11) is 1.71. The second-order valence-electron chi connectivity index (χ2n) is 11.3. The standard InChI is InChI=1S/C28H32F7N7O2/c1-11-8-38-25-17-24(40-27(41-25)43-10-15-7-14(29)9-42(15)4)21(32)23(39-26(17)44-12(2)5-6-37-11)16-18(28(33,34)35)13(3)19(30)22(36)20(16)31/h11-12,14-15,37H,5-10,36H2,1-4H3,(H,38,40,41)/t11?,12-,14+,15-/m0/s1. The van der Waals surface area contributed by atoms with Gasteiger partial charge in [0, 0.05) is 25.2 Å². The highest BCUT2D eigenvalue weighted by molar-refractivity contribution is 5.97. The average Bonchev–Trinajstić information content (AvgIpc) is 3.27. The van der Waals surface area contributed by atoms with E-state index in [1.54, 1.807) is 18.9 Å². The van der Waals surface area contributed by atoms with Crippen LogP contribution in [0.3, 0.4) is 0 Å². The molecule has 240 valence electrons. The molecule has 44 heavy (non-hydrogen) atoms. The summed E-state index contributed by atoms with van der Waals surface area (Å²) in [6.45, 7) is 5.21. The van der Waals surface area contributed by atoms with Crippen molar-refractivity contribution < 1.29 is 40.2 Å². The van der Waals surface area contributed by atoms with Crippen molar-refractivity contribution in [3.8, 4) is 23.1 Å². The second-order valence-corrected chi connectivity index (χ2v) is 11.3. The van der Waals surface area contributed by atoms with E-state index in [0.29, 0.717) is 13.0 Å². The normalized spacial score (nSPS) is 23.2. The Morgan fingerprint density at radius 1 is 1.09 bits per heavy atom. The molecule has 0 amide bonds. The van der Waals surface area contributed by atoms with Crippen LogP contribution in [0.2, 0.25) is 0 Å². The fourth-order valence-electron chi connectivity index (χ4n) is 5.46. The van der Waals surface area contributed by atoms with Gasteiger partial charge in [-0.15, -0.1) is 0 Å². The lowest BCUT2D eigenvalue weighted by Crippen LogP contribution is -2.34. The van der Waals surface area contributed by atoms with Crippen molar-refractivity contribution in [1.82, 2.24) is 25.2 Å². The quantitative estimate of drug-likeness (QED) is 0.271. The summed E-state index contributed by atoms with van der Waals surface area (Å²) < 4.78 is 115. The maximum Gasteiger partial charge on any atom is 0.417 e. The Kier molecular flexibility index (Phi) is 8.68. The first-order valence-corrected chi connectivity index (χ1v) is 14.0. The molecule has 3 aromatic rings. The van der Waals surface area contributed by atoms with Crippen LogP contribution in [0.1, 0.15) is 37.8 Å². The van der Waals surface area contributed by atoms with Crippen molar-refractivity contribution in [2.24, 2.45) is 0 Å². The van der Waals surface area contributed by atoms with E-state index in [1.807, 2.05) is 6.92 Å². The summed E-state index contributed by atoms with van der Waals surface area (Å²) in [5, 5.41) is 6.21. The van der Waals surface area contributed by atoms with Crippen LogP contribution in [0.4, 0.5) is 42.2 Å². The molecule has 1 aromatic carbocycles. The third kappa shape index (κ3) is 6.01. The Morgan fingerprint density at radius 2 is 1.82 bits per heavy atom. The summed E-state index contributed by atoms with van der Waals surface area (Å²) in [6.07, 6.45) is -6.37. The van der Waals surface area contributed by atoms with Crippen molar-refractivity contribution in [3.63, 3.8) is 0 Å². The van der Waals surface area contributed by atoms with Crippen molar-refractivity contribution in [3.05, 3.63) is 28.6 Å². The lowest BCUT2D eigenvalue weighted by Gasteiger charge is -2.22. The zero-order valence-electron chi connectivity index (χ0n) is 24.4. The van der Waals surface area contributed by atoms with Crippen molar-refractivity contribution in [2.45, 2.75) is 64.1 Å². The number of nitrogens with one attached hydrogen (secondary N) is 2. The van der Waals surface area contributed by atoms with Crippen molar-refractivity contribution in [1.29, 1.82) is 0 Å². The number of aromatic nitrogens is 3. The number of likely N-dealkylation sites (N-methyl/N-ethyl adjacent to an activating group) is 1. The van der Waals surface area contributed by atoms with Gasteiger partial charge >= 0.3 is 12.2 Å². The molecule has 4 heterocycles. The Bertz CT molecular complexity index is 1570. The van der Waals surface area contributed by atoms with E-state index in [9.17, 15) is 22.0 Å². The lowest BCUT2D eigenvalue weighted by atomic mass is 9.95. The number of nitrogens with zero attached hydrogens (tertiary/aromatic N) is 4. The average molecular weight is 632 g/mol. The zero-order valence-corrected chi connectivity index (χ0v) is 24.4. The molecule has 16 heteroatoms. The topological polar surface area (TPSA) is 110 Å². The fourth-order valence-corrected chi connectivity index (χ4v) is 5.46. The predicted octanol–water partition coefficient (Wildman–Crippen LogP) is 5.00. The minimum absolute atomic E-state index is 0.00448. The molecule has 2 aromatic heterocycles. The van der Waals surface area contributed by atoms with E-state index in [2.05, 4.69) is 25.6 Å². The molecule has 5 rings (SSSR count). The molecule has 2 aliphatic heterocycles. The molecule has 0 aliphatic carbocycles. The molecule has 1 unspecified atom stereocenters. The summed E-state index contributed by atoms with van der Waals surface area (Å²) in [6, 6.07) is -0.810. The van der Waals surface area contributed by atoms with Gasteiger partial charge in [-0.1, -0.05) is 0 Å². The predicted molar refractivity (Wildman–Crippen MR) is 149 cm³/mol. The van der Waals surface area contributed by atoms with Crippen LogP contribution in [0, 0.1) is 24.4 Å². The highest BCUT2D eigenvalue weighted by Gasteiger charge is 2.42. The Morgan fingerprint density at radius 3 is 2.48 bits per heavy atom. The van der Waals surface area contributed by atoms with Gasteiger partial charge in [-0.2, -0.15) is 23.1 Å². The number of likely N-dealkylation sites (tertiary alicyclic amines) is 1. The van der Waals surface area contributed by atoms with E-state index in [4.69, 9.17) is 15.2 Å². The maximum atomic E-state index is 16.5. The molecule has 9 nitrogen and oxygen atoms in total. The Balaban J connectivity index is 1.77. The fraction of sp³-hybridized carbons (Fsp3) is 0.536. The van der Waals surface area contributed by atoms with Gasteiger partial charge in [-0.25, -0.2) is 22.5 Å². The number of alkyl halides is 4. The van der Waals surface area contributed by atoms with E-state index in [-0.39, 0.29) is 61.3 Å². The molecule has 2 aliphatic rings. The number of hydrogen-bond acceptors (Lipinski definition) is 9. The van der Waals surface area contributed by atoms with E-state index in [0.717, 1.165) is 6.92 Å². The first-order valence-electron chi connectivity index (χ1n) is 14.0. The van der Waals surface area contributed by atoms with Crippen LogP contribution in [-0.2, 0) is 6.18 Å². The minimum Gasteiger partial charge on any atom is -0.474 e. The van der Waals surface area contributed by atoms with Gasteiger partial charge in [-0.05, 0) is 52.8 Å². The number of hydrogen-bond donors (Lipinski definition) is 3. The molecule has 4 N–H and O–H groups in total. The van der Waals surface area contributed by atoms with Gasteiger partial charge in [0.2, 0.25) is 5.88 Å². The van der Waals surface area contributed by atoms with Gasteiger partial charge < -0.3 is 25.8 Å². The van der Waals surface area contributed by atoms with Crippen LogP contribution in [0.15, 0.2) is 0 Å². The molecule has 4 atom stereocenters. The maximum absolute atomic E-state index is 16.5. The van der Waals surface area contributed by atoms with Crippen molar-refractivity contribution >= 4 is 22.4 Å². The number of anilines is 2. The highest BCUT2D eigenvalue weighted by atomic mass is 19.4. The van der Waals surface area contributed by atoms with Gasteiger partial charge in [0.05, 0.1) is 17.2 Å². The van der Waals surface area contributed by atoms with E-state index >= 15 is 8.78 Å². The smallest absolute Gasteiger partial charge is 0.417 e. The monoisotopic (exact) mass is 631 g/mol. The van der Waals surface area contributed by atoms with Gasteiger partial charge in [0.25, 0.3) is 0 Å². The molecule has 0 saturated carbocycles. The third-order valence-corrected chi connectivity index (χ3v) is 7.87. The Labute approximate surface area is 248 Å². The van der Waals surface area contributed by atoms with Gasteiger partial charge in [0.1, 0.15) is 40.9 Å². The van der Waals surface area contributed by atoms with Crippen LogP contribution in [0.5, 0.6) is 11.9 Å². The van der Waals surface area contributed by atoms with E-state index < -0.39 is 69.5 Å². The molecule has 0 spiro atoms. The van der Waals surface area contributed by atoms with Gasteiger partial charge in [0.15, 0.2) is 17.5 Å². The van der Waals surface area contributed by atoms with Crippen LogP contribution in [0.25, 0.3) is 22.2 Å². The lowest BCUT2D eigenvalue weighted by molar-refractivity contribution is -0.137. The number of nitrogen functional groups attached to an aromatic ring is 1. The zero-order chi connectivity index (χ0) is 32.1. The third-order valence-electron chi connectivity index (χ3n) is 7.87. The number of halogens is 7. The largest absolute Gasteiger partial charge is 0.474 e. The Hall–Kier alpha value is -3.66. The first kappa shape index (κ1) is 31.8. The number of pyridine rings is 1. The second kappa shape index (κ2) is 12.0. The summed E-state index contributed by atoms with van der Waals surface area (Å²) >= 11 is 0. The number of benzene rings is 1. The molecule has 0 bridgehead atoms. The first-order chi connectivity index (χ1) is 20.7. The molecular weight excluding hydrogens is 599 g/mol. The summed E-state index contributed by atoms with van der Waals surface area (Å²) in [5.74, 6) is -5.31.